The Hall–Kier alpha value is -3.80. The van der Waals surface area contributed by atoms with Gasteiger partial charge in [-0.2, -0.15) is 0 Å². The Balaban J connectivity index is 1.38. The van der Waals surface area contributed by atoms with Gasteiger partial charge in [0, 0.05) is 5.69 Å². The number of hydrogen-bond acceptors (Lipinski definition) is 5. The van der Waals surface area contributed by atoms with Crippen LogP contribution in [-0.2, 0) is 20.7 Å². The lowest BCUT2D eigenvalue weighted by atomic mass is 10.2. The molecule has 0 saturated carbocycles. The third kappa shape index (κ3) is 6.67. The van der Waals surface area contributed by atoms with Crippen molar-refractivity contribution in [3.05, 3.63) is 84.4 Å². The van der Waals surface area contributed by atoms with E-state index in [1.165, 1.54) is 5.56 Å². The monoisotopic (exact) mass is 405 g/mol. The van der Waals surface area contributed by atoms with Crippen LogP contribution in [-0.4, -0.2) is 25.1 Å². The fourth-order valence-corrected chi connectivity index (χ4v) is 2.58. The van der Waals surface area contributed by atoms with Crippen molar-refractivity contribution in [3.8, 4) is 17.2 Å². The molecule has 0 aliphatic rings. The van der Waals surface area contributed by atoms with Gasteiger partial charge in [0.1, 0.15) is 17.2 Å². The SMILES string of the molecule is CCc1ccc(OCC(=O)OCC(=O)Nc2ccc(Oc3ccccc3)cc2)cc1. The Morgan fingerprint density at radius 2 is 1.40 bits per heavy atom. The first kappa shape index (κ1) is 20.9. The molecule has 1 N–H and O–H groups in total. The summed E-state index contributed by atoms with van der Waals surface area (Å²) < 4.78 is 16.0. The summed E-state index contributed by atoms with van der Waals surface area (Å²) in [6, 6.07) is 23.8. The summed E-state index contributed by atoms with van der Waals surface area (Å²) >= 11 is 0. The predicted molar refractivity (Wildman–Crippen MR) is 114 cm³/mol. The lowest BCUT2D eigenvalue weighted by Crippen LogP contribution is -2.23. The van der Waals surface area contributed by atoms with Crippen LogP contribution >= 0.6 is 0 Å². The number of anilines is 1. The van der Waals surface area contributed by atoms with Crippen LogP contribution in [0.15, 0.2) is 78.9 Å². The minimum absolute atomic E-state index is 0.260. The standard InChI is InChI=1S/C24H23NO5/c1-2-18-8-12-20(13-9-18)28-17-24(27)29-16-23(26)25-19-10-14-22(15-11-19)30-21-6-4-3-5-7-21/h3-15H,2,16-17H2,1H3,(H,25,26). The van der Waals surface area contributed by atoms with Gasteiger partial charge in [0.25, 0.3) is 5.91 Å². The maximum Gasteiger partial charge on any atom is 0.344 e. The fraction of sp³-hybridized carbons (Fsp3) is 0.167. The second-order valence-corrected chi connectivity index (χ2v) is 6.43. The molecule has 0 spiro atoms. The number of nitrogens with one attached hydrogen (secondary N) is 1. The highest BCUT2D eigenvalue weighted by molar-refractivity contribution is 5.92. The first-order chi connectivity index (χ1) is 14.6. The molecule has 1 amide bonds. The molecular weight excluding hydrogens is 382 g/mol. The second-order valence-electron chi connectivity index (χ2n) is 6.43. The third-order valence-electron chi connectivity index (χ3n) is 4.17. The van der Waals surface area contributed by atoms with Gasteiger partial charge in [0.05, 0.1) is 0 Å². The molecular formula is C24H23NO5. The van der Waals surface area contributed by atoms with Gasteiger partial charge in [-0.3, -0.25) is 4.79 Å². The van der Waals surface area contributed by atoms with Crippen molar-refractivity contribution < 1.29 is 23.8 Å². The van der Waals surface area contributed by atoms with Crippen LogP contribution in [0.4, 0.5) is 5.69 Å². The molecule has 3 aromatic carbocycles. The number of carbonyl (C=O) groups excluding carboxylic acids is 2. The molecule has 0 radical (unpaired) electrons. The minimum Gasteiger partial charge on any atom is -0.482 e. The predicted octanol–water partition coefficient (Wildman–Crippen LogP) is 4.60. The van der Waals surface area contributed by atoms with E-state index in [0.29, 0.717) is 17.2 Å². The van der Waals surface area contributed by atoms with Crippen molar-refractivity contribution in [3.63, 3.8) is 0 Å². The fourth-order valence-electron chi connectivity index (χ4n) is 2.58. The van der Waals surface area contributed by atoms with Gasteiger partial charge in [0.2, 0.25) is 0 Å². The second kappa shape index (κ2) is 10.7. The highest BCUT2D eigenvalue weighted by atomic mass is 16.6. The molecule has 0 saturated heterocycles. The minimum atomic E-state index is -0.615. The maximum absolute atomic E-state index is 12.0. The van der Waals surface area contributed by atoms with E-state index in [4.69, 9.17) is 14.2 Å². The van der Waals surface area contributed by atoms with Crippen LogP contribution in [0.2, 0.25) is 0 Å². The molecule has 3 aromatic rings. The maximum atomic E-state index is 12.0. The smallest absolute Gasteiger partial charge is 0.344 e. The first-order valence-corrected chi connectivity index (χ1v) is 9.62. The molecule has 6 heteroatoms. The molecule has 0 unspecified atom stereocenters. The van der Waals surface area contributed by atoms with E-state index in [1.807, 2.05) is 42.5 Å². The summed E-state index contributed by atoms with van der Waals surface area (Å²) in [5, 5.41) is 2.66. The number of amides is 1. The van der Waals surface area contributed by atoms with Crippen molar-refractivity contribution in [2.45, 2.75) is 13.3 Å². The molecule has 0 aliphatic heterocycles. The van der Waals surface area contributed by atoms with Gasteiger partial charge in [-0.15, -0.1) is 0 Å². The zero-order valence-electron chi connectivity index (χ0n) is 16.7. The molecule has 154 valence electrons. The summed E-state index contributed by atoms with van der Waals surface area (Å²) in [5.41, 5.74) is 1.75. The Morgan fingerprint density at radius 3 is 2.07 bits per heavy atom. The highest BCUT2D eigenvalue weighted by Crippen LogP contribution is 2.22. The molecule has 0 heterocycles. The molecule has 0 aliphatic carbocycles. The highest BCUT2D eigenvalue weighted by Gasteiger charge is 2.09. The molecule has 0 atom stereocenters. The normalized spacial score (nSPS) is 10.2. The van der Waals surface area contributed by atoms with Crippen LogP contribution in [0.3, 0.4) is 0 Å². The summed E-state index contributed by atoms with van der Waals surface area (Å²) in [4.78, 5) is 23.7. The quantitative estimate of drug-likeness (QED) is 0.527. The Morgan fingerprint density at radius 1 is 0.767 bits per heavy atom. The molecule has 3 rings (SSSR count). The lowest BCUT2D eigenvalue weighted by Gasteiger charge is -2.09. The van der Waals surface area contributed by atoms with E-state index in [1.54, 1.807) is 36.4 Å². The number of para-hydroxylation sites is 1. The van der Waals surface area contributed by atoms with Crippen molar-refractivity contribution in [1.29, 1.82) is 0 Å². The average molecular weight is 405 g/mol. The van der Waals surface area contributed by atoms with Gasteiger partial charge in [0.15, 0.2) is 13.2 Å². The van der Waals surface area contributed by atoms with E-state index in [0.717, 1.165) is 12.2 Å². The Labute approximate surface area is 175 Å². The molecule has 0 bridgehead atoms. The largest absolute Gasteiger partial charge is 0.482 e. The van der Waals surface area contributed by atoms with E-state index in [9.17, 15) is 9.59 Å². The number of aryl methyl sites for hydroxylation is 1. The van der Waals surface area contributed by atoms with E-state index in [-0.39, 0.29) is 13.2 Å². The Kier molecular flexibility index (Phi) is 7.44. The van der Waals surface area contributed by atoms with Crippen molar-refractivity contribution in [1.82, 2.24) is 0 Å². The van der Waals surface area contributed by atoms with Gasteiger partial charge in [-0.1, -0.05) is 37.3 Å². The number of rotatable bonds is 9. The van der Waals surface area contributed by atoms with Crippen molar-refractivity contribution >= 4 is 17.6 Å². The van der Waals surface area contributed by atoms with Crippen LogP contribution in [0.5, 0.6) is 17.2 Å². The molecule has 0 aromatic heterocycles. The van der Waals surface area contributed by atoms with Crippen LogP contribution in [0.25, 0.3) is 0 Å². The van der Waals surface area contributed by atoms with E-state index < -0.39 is 11.9 Å². The topological polar surface area (TPSA) is 73.9 Å². The zero-order valence-corrected chi connectivity index (χ0v) is 16.7. The van der Waals surface area contributed by atoms with Gasteiger partial charge in [-0.05, 0) is 60.5 Å². The van der Waals surface area contributed by atoms with Crippen molar-refractivity contribution in [2.75, 3.05) is 18.5 Å². The third-order valence-corrected chi connectivity index (χ3v) is 4.17. The number of esters is 1. The number of ether oxygens (including phenoxy) is 3. The van der Waals surface area contributed by atoms with E-state index >= 15 is 0 Å². The van der Waals surface area contributed by atoms with Gasteiger partial charge >= 0.3 is 5.97 Å². The molecule has 6 nitrogen and oxygen atoms in total. The molecule has 30 heavy (non-hydrogen) atoms. The lowest BCUT2D eigenvalue weighted by molar-refractivity contribution is -0.149. The summed E-state index contributed by atoms with van der Waals surface area (Å²) in [6.07, 6.45) is 0.931. The van der Waals surface area contributed by atoms with Crippen molar-refractivity contribution in [2.24, 2.45) is 0 Å². The zero-order chi connectivity index (χ0) is 21.2. The summed E-state index contributed by atoms with van der Waals surface area (Å²) in [7, 11) is 0. The summed E-state index contributed by atoms with van der Waals surface area (Å²) in [6.45, 7) is 1.41. The number of hydrogen-bond donors (Lipinski definition) is 1. The molecule has 0 fully saturated rings. The van der Waals surface area contributed by atoms with Crippen LogP contribution < -0.4 is 14.8 Å². The average Bonchev–Trinajstić information content (AvgIpc) is 2.78. The van der Waals surface area contributed by atoms with E-state index in [2.05, 4.69) is 12.2 Å². The first-order valence-electron chi connectivity index (χ1n) is 9.62. The Bertz CT molecular complexity index is 953. The summed E-state index contributed by atoms with van der Waals surface area (Å²) in [5.74, 6) is 0.898. The van der Waals surface area contributed by atoms with Crippen LogP contribution in [0, 0.1) is 0 Å². The van der Waals surface area contributed by atoms with Crippen LogP contribution in [0.1, 0.15) is 12.5 Å². The number of carbonyl (C=O) groups is 2. The van der Waals surface area contributed by atoms with Gasteiger partial charge in [-0.25, -0.2) is 4.79 Å². The number of benzene rings is 3. The van der Waals surface area contributed by atoms with Gasteiger partial charge < -0.3 is 19.5 Å².